The average Bonchev–Trinajstić information content (AvgIpc) is 2.72. The molecule has 0 unspecified atom stereocenters. The molecule has 21 heavy (non-hydrogen) atoms. The largest absolute Gasteiger partial charge is 0.383 e. The third kappa shape index (κ3) is 1.92. The van der Waals surface area contributed by atoms with Gasteiger partial charge in [-0.15, -0.1) is 0 Å². The van der Waals surface area contributed by atoms with Gasteiger partial charge < -0.3 is 11.5 Å². The van der Waals surface area contributed by atoms with Gasteiger partial charge in [-0.25, -0.2) is 9.97 Å². The van der Waals surface area contributed by atoms with Crippen LogP contribution >= 0.6 is 0 Å². The smallest absolute Gasteiger partial charge is 0.248 e. The summed E-state index contributed by atoms with van der Waals surface area (Å²) in [5, 5.41) is 0.856. The fourth-order valence-corrected chi connectivity index (χ4v) is 2.52. The van der Waals surface area contributed by atoms with Crippen LogP contribution < -0.4 is 11.5 Å². The molecule has 0 saturated carbocycles. The van der Waals surface area contributed by atoms with Crippen molar-refractivity contribution in [1.82, 2.24) is 14.5 Å². The minimum atomic E-state index is -0.446. The molecule has 3 aromatic rings. The van der Waals surface area contributed by atoms with Crippen molar-refractivity contribution in [2.45, 2.75) is 13.8 Å². The molecule has 0 spiro atoms. The number of aromatic nitrogens is 3. The molecule has 0 saturated heterocycles. The third-order valence-electron chi connectivity index (χ3n) is 3.73. The normalized spacial score (nSPS) is 11.0. The highest BCUT2D eigenvalue weighted by Crippen LogP contribution is 2.29. The predicted molar refractivity (Wildman–Crippen MR) is 81.3 cm³/mol. The molecule has 6 nitrogen and oxygen atoms in total. The zero-order chi connectivity index (χ0) is 15.1. The maximum absolute atomic E-state index is 11.2. The first-order valence-electron chi connectivity index (χ1n) is 6.49. The Hall–Kier alpha value is -2.89. The number of primary amides is 1. The van der Waals surface area contributed by atoms with E-state index >= 15 is 0 Å². The van der Waals surface area contributed by atoms with Crippen molar-refractivity contribution in [3.05, 3.63) is 47.4 Å². The summed E-state index contributed by atoms with van der Waals surface area (Å²) in [6, 6.07) is 7.07. The molecule has 2 aromatic heterocycles. The number of carbonyl (C=O) groups is 1. The number of nitrogens with zero attached hydrogens (tertiary/aromatic N) is 3. The number of amides is 1. The predicted octanol–water partition coefficient (Wildman–Crippen LogP) is 1.72. The Morgan fingerprint density at radius 3 is 2.43 bits per heavy atom. The van der Waals surface area contributed by atoms with Crippen molar-refractivity contribution in [2.24, 2.45) is 5.73 Å². The van der Waals surface area contributed by atoms with Crippen molar-refractivity contribution < 1.29 is 4.79 Å². The fraction of sp³-hybridized carbons (Fsp3) is 0.133. The zero-order valence-corrected chi connectivity index (χ0v) is 11.8. The lowest BCUT2D eigenvalue weighted by Gasteiger charge is -2.08. The van der Waals surface area contributed by atoms with E-state index in [0.717, 1.165) is 28.0 Å². The molecule has 6 heteroatoms. The summed E-state index contributed by atoms with van der Waals surface area (Å²) in [6.07, 6.45) is 1.45. The minimum Gasteiger partial charge on any atom is -0.383 e. The lowest BCUT2D eigenvalue weighted by atomic mass is 10.2. The van der Waals surface area contributed by atoms with Gasteiger partial charge in [-0.3, -0.25) is 9.36 Å². The first-order chi connectivity index (χ1) is 10.0. The Morgan fingerprint density at radius 1 is 1.14 bits per heavy atom. The highest BCUT2D eigenvalue weighted by molar-refractivity contribution is 5.94. The van der Waals surface area contributed by atoms with Gasteiger partial charge in [-0.05, 0) is 43.7 Å². The number of anilines is 1. The van der Waals surface area contributed by atoms with Crippen LogP contribution in [0.15, 0.2) is 30.6 Å². The summed E-state index contributed by atoms with van der Waals surface area (Å²) in [6.45, 7) is 3.99. The van der Waals surface area contributed by atoms with Crippen molar-refractivity contribution in [3.8, 4) is 5.69 Å². The molecule has 0 fully saturated rings. The van der Waals surface area contributed by atoms with Gasteiger partial charge in [0.15, 0.2) is 5.65 Å². The second-order valence-electron chi connectivity index (χ2n) is 4.91. The van der Waals surface area contributed by atoms with Crippen molar-refractivity contribution >= 4 is 22.8 Å². The summed E-state index contributed by atoms with van der Waals surface area (Å²) >= 11 is 0. The Labute approximate surface area is 121 Å². The Bertz CT molecular complexity index is 849. The van der Waals surface area contributed by atoms with Crippen LogP contribution in [-0.4, -0.2) is 20.4 Å². The van der Waals surface area contributed by atoms with E-state index in [9.17, 15) is 4.79 Å². The SMILES string of the molecule is Cc1c(C)n(-c2ccc(C(N)=O)cc2)c2ncnc(N)c12. The number of rotatable bonds is 2. The molecule has 0 aliphatic rings. The second kappa shape index (κ2) is 4.59. The molecule has 0 aliphatic carbocycles. The molecule has 2 heterocycles. The van der Waals surface area contributed by atoms with Crippen LogP contribution in [0.25, 0.3) is 16.7 Å². The topological polar surface area (TPSA) is 99.8 Å². The molecule has 106 valence electrons. The van der Waals surface area contributed by atoms with Crippen molar-refractivity contribution in [2.75, 3.05) is 5.73 Å². The molecule has 1 aromatic carbocycles. The van der Waals surface area contributed by atoms with Crippen LogP contribution in [0.1, 0.15) is 21.6 Å². The number of benzene rings is 1. The van der Waals surface area contributed by atoms with Crippen molar-refractivity contribution in [3.63, 3.8) is 0 Å². The third-order valence-corrected chi connectivity index (χ3v) is 3.73. The monoisotopic (exact) mass is 281 g/mol. The van der Waals surface area contributed by atoms with Crippen LogP contribution in [0.3, 0.4) is 0 Å². The molecular weight excluding hydrogens is 266 g/mol. The van der Waals surface area contributed by atoms with Crippen LogP contribution in [0.5, 0.6) is 0 Å². The zero-order valence-electron chi connectivity index (χ0n) is 11.8. The molecule has 4 N–H and O–H groups in total. The summed E-state index contributed by atoms with van der Waals surface area (Å²) in [4.78, 5) is 19.5. The lowest BCUT2D eigenvalue weighted by molar-refractivity contribution is 0.100. The van der Waals surface area contributed by atoms with E-state index in [-0.39, 0.29) is 0 Å². The number of nitrogens with two attached hydrogens (primary N) is 2. The van der Waals surface area contributed by atoms with E-state index in [2.05, 4.69) is 9.97 Å². The van der Waals surface area contributed by atoms with E-state index in [1.807, 2.05) is 30.5 Å². The Balaban J connectivity index is 2.27. The summed E-state index contributed by atoms with van der Waals surface area (Å²) < 4.78 is 1.99. The number of nitrogen functional groups attached to an aromatic ring is 1. The average molecular weight is 281 g/mol. The van der Waals surface area contributed by atoms with E-state index in [4.69, 9.17) is 11.5 Å². The highest BCUT2D eigenvalue weighted by atomic mass is 16.1. The van der Waals surface area contributed by atoms with E-state index in [1.165, 1.54) is 6.33 Å². The highest BCUT2D eigenvalue weighted by Gasteiger charge is 2.16. The molecule has 0 bridgehead atoms. The summed E-state index contributed by atoms with van der Waals surface area (Å²) in [5.41, 5.74) is 15.4. The van der Waals surface area contributed by atoms with Crippen LogP contribution in [-0.2, 0) is 0 Å². The number of hydrogen-bond donors (Lipinski definition) is 2. The molecule has 3 rings (SSSR count). The van der Waals surface area contributed by atoms with E-state index in [0.29, 0.717) is 11.4 Å². The number of hydrogen-bond acceptors (Lipinski definition) is 4. The lowest BCUT2D eigenvalue weighted by Crippen LogP contribution is -2.10. The summed E-state index contributed by atoms with van der Waals surface area (Å²) in [7, 11) is 0. The first kappa shape index (κ1) is 13.1. The Kier molecular flexibility index (Phi) is 2.86. The van der Waals surface area contributed by atoms with Crippen LogP contribution in [0.2, 0.25) is 0 Å². The van der Waals surface area contributed by atoms with E-state index in [1.54, 1.807) is 12.1 Å². The van der Waals surface area contributed by atoms with Gasteiger partial charge in [-0.1, -0.05) is 0 Å². The van der Waals surface area contributed by atoms with Gasteiger partial charge in [0.1, 0.15) is 12.1 Å². The second-order valence-corrected chi connectivity index (χ2v) is 4.91. The van der Waals surface area contributed by atoms with Crippen LogP contribution in [0.4, 0.5) is 5.82 Å². The first-order valence-corrected chi connectivity index (χ1v) is 6.49. The van der Waals surface area contributed by atoms with Crippen molar-refractivity contribution in [1.29, 1.82) is 0 Å². The van der Waals surface area contributed by atoms with Gasteiger partial charge in [0.05, 0.1) is 5.39 Å². The van der Waals surface area contributed by atoms with Crippen LogP contribution in [0, 0.1) is 13.8 Å². The van der Waals surface area contributed by atoms with Gasteiger partial charge >= 0.3 is 0 Å². The molecule has 0 aliphatic heterocycles. The summed E-state index contributed by atoms with van der Waals surface area (Å²) in [5.74, 6) is 0.0199. The molecular formula is C15H15N5O. The standard InChI is InChI=1S/C15H15N5O/c1-8-9(2)20(15-12(8)13(16)18-7-19-15)11-5-3-10(4-6-11)14(17)21/h3-7H,1-2H3,(H2,17,21)(H2,16,18,19). The maximum Gasteiger partial charge on any atom is 0.248 e. The number of aryl methyl sites for hydroxylation is 1. The van der Waals surface area contributed by atoms with Gasteiger partial charge in [0.2, 0.25) is 5.91 Å². The molecule has 0 atom stereocenters. The van der Waals surface area contributed by atoms with Gasteiger partial charge in [-0.2, -0.15) is 0 Å². The quantitative estimate of drug-likeness (QED) is 0.746. The van der Waals surface area contributed by atoms with E-state index < -0.39 is 5.91 Å². The minimum absolute atomic E-state index is 0.446. The fourth-order valence-electron chi connectivity index (χ4n) is 2.52. The molecule has 1 amide bonds. The van der Waals surface area contributed by atoms with Gasteiger partial charge in [0, 0.05) is 16.9 Å². The molecule has 0 radical (unpaired) electrons. The Morgan fingerprint density at radius 2 is 1.81 bits per heavy atom. The number of fused-ring (bicyclic) bond motifs is 1. The maximum atomic E-state index is 11.2. The van der Waals surface area contributed by atoms with Gasteiger partial charge in [0.25, 0.3) is 0 Å². The number of carbonyl (C=O) groups excluding carboxylic acids is 1.